The number of hydrogen-bond donors (Lipinski definition) is 1. The number of primary amides is 1. The van der Waals surface area contributed by atoms with Gasteiger partial charge in [0.25, 0.3) is 11.8 Å². The van der Waals surface area contributed by atoms with Crippen molar-refractivity contribution in [2.45, 2.75) is 6.42 Å². The third-order valence-corrected chi connectivity index (χ3v) is 5.21. The van der Waals surface area contributed by atoms with Gasteiger partial charge in [-0.05, 0) is 42.8 Å². The third kappa shape index (κ3) is 5.21. The standard InChI is InChI=1S/C23H26N4O5/c1-30-19-12-17(13-20(31-2)22(19)32-15-21(25)28)23(29)27-9-3-8-26(10-11-27)18-6-4-16(14-24)5-7-18/h4-7,12-13H,3,8-11,15H2,1-2H3,(H2,25,28). The van der Waals surface area contributed by atoms with Gasteiger partial charge in [0.05, 0.1) is 25.9 Å². The summed E-state index contributed by atoms with van der Waals surface area (Å²) >= 11 is 0. The molecule has 9 heteroatoms. The van der Waals surface area contributed by atoms with Gasteiger partial charge in [-0.2, -0.15) is 5.26 Å². The largest absolute Gasteiger partial charge is 0.493 e. The molecule has 3 rings (SSSR count). The van der Waals surface area contributed by atoms with Gasteiger partial charge in [0.1, 0.15) is 0 Å². The maximum absolute atomic E-state index is 13.2. The first-order valence-electron chi connectivity index (χ1n) is 10.2. The molecule has 2 aromatic rings. The molecule has 0 aliphatic carbocycles. The molecule has 0 unspecified atom stereocenters. The average Bonchev–Trinajstić information content (AvgIpc) is 3.08. The fourth-order valence-corrected chi connectivity index (χ4v) is 3.60. The van der Waals surface area contributed by atoms with Crippen molar-refractivity contribution in [2.75, 3.05) is 51.9 Å². The lowest BCUT2D eigenvalue weighted by atomic mass is 10.1. The number of benzene rings is 2. The summed E-state index contributed by atoms with van der Waals surface area (Å²) in [5, 5.41) is 8.98. The maximum atomic E-state index is 13.2. The van der Waals surface area contributed by atoms with E-state index in [9.17, 15) is 9.59 Å². The Bertz CT molecular complexity index is 991. The molecule has 0 aromatic heterocycles. The van der Waals surface area contributed by atoms with Crippen LogP contribution in [0.2, 0.25) is 0 Å². The van der Waals surface area contributed by atoms with Crippen molar-refractivity contribution in [1.82, 2.24) is 4.90 Å². The van der Waals surface area contributed by atoms with Crippen LogP contribution < -0.4 is 24.8 Å². The molecule has 1 fully saturated rings. The van der Waals surface area contributed by atoms with Crippen LogP contribution in [0.4, 0.5) is 5.69 Å². The number of rotatable bonds is 7. The van der Waals surface area contributed by atoms with Crippen molar-refractivity contribution < 1.29 is 23.8 Å². The Labute approximate surface area is 186 Å². The zero-order valence-electron chi connectivity index (χ0n) is 18.2. The van der Waals surface area contributed by atoms with E-state index < -0.39 is 5.91 Å². The van der Waals surface area contributed by atoms with Crippen molar-refractivity contribution in [3.8, 4) is 23.3 Å². The molecule has 0 saturated carbocycles. The van der Waals surface area contributed by atoms with Crippen LogP contribution in [-0.4, -0.2) is 63.7 Å². The molecule has 0 radical (unpaired) electrons. The van der Waals surface area contributed by atoms with Gasteiger partial charge < -0.3 is 29.7 Å². The van der Waals surface area contributed by atoms with Gasteiger partial charge in [0.2, 0.25) is 5.75 Å². The van der Waals surface area contributed by atoms with E-state index in [0.717, 1.165) is 18.7 Å². The summed E-state index contributed by atoms with van der Waals surface area (Å²) in [6.45, 7) is 2.30. The summed E-state index contributed by atoms with van der Waals surface area (Å²) in [6, 6.07) is 12.7. The molecule has 2 N–H and O–H groups in total. The molecule has 1 saturated heterocycles. The topological polar surface area (TPSA) is 118 Å². The first-order valence-corrected chi connectivity index (χ1v) is 10.2. The van der Waals surface area contributed by atoms with Crippen LogP contribution >= 0.6 is 0 Å². The lowest BCUT2D eigenvalue weighted by molar-refractivity contribution is -0.120. The van der Waals surface area contributed by atoms with Crippen molar-refractivity contribution in [3.05, 3.63) is 47.5 Å². The second kappa shape index (κ2) is 10.4. The van der Waals surface area contributed by atoms with Gasteiger partial charge in [-0.15, -0.1) is 0 Å². The number of carbonyl (C=O) groups excluding carboxylic acids is 2. The Hall–Kier alpha value is -3.93. The van der Waals surface area contributed by atoms with Crippen LogP contribution in [0.3, 0.4) is 0 Å². The number of hydrogen-bond acceptors (Lipinski definition) is 7. The van der Waals surface area contributed by atoms with E-state index in [4.69, 9.17) is 25.2 Å². The number of ether oxygens (including phenoxy) is 3. The summed E-state index contributed by atoms with van der Waals surface area (Å²) < 4.78 is 16.1. The van der Waals surface area contributed by atoms with Crippen molar-refractivity contribution >= 4 is 17.5 Å². The van der Waals surface area contributed by atoms with E-state index in [-0.39, 0.29) is 29.8 Å². The zero-order valence-corrected chi connectivity index (χ0v) is 18.2. The number of anilines is 1. The first-order chi connectivity index (χ1) is 15.5. The SMILES string of the molecule is COc1cc(C(=O)N2CCCN(c3ccc(C#N)cc3)CC2)cc(OC)c1OCC(N)=O. The second-order valence-electron chi connectivity index (χ2n) is 7.26. The summed E-state index contributed by atoms with van der Waals surface area (Å²) in [5.41, 5.74) is 7.20. The summed E-state index contributed by atoms with van der Waals surface area (Å²) in [5.74, 6) is -0.00505. The molecule has 9 nitrogen and oxygen atoms in total. The molecule has 2 amide bonds. The predicted octanol–water partition coefficient (Wildman–Crippen LogP) is 1.79. The molecule has 0 atom stereocenters. The van der Waals surface area contributed by atoms with Crippen LogP contribution in [0.15, 0.2) is 36.4 Å². The highest BCUT2D eigenvalue weighted by Gasteiger charge is 2.24. The summed E-state index contributed by atoms with van der Waals surface area (Å²) in [4.78, 5) is 28.3. The van der Waals surface area contributed by atoms with E-state index in [1.54, 1.807) is 29.2 Å². The van der Waals surface area contributed by atoms with E-state index in [1.165, 1.54) is 14.2 Å². The van der Waals surface area contributed by atoms with Gasteiger partial charge in [0, 0.05) is 37.4 Å². The van der Waals surface area contributed by atoms with E-state index >= 15 is 0 Å². The number of nitrogens with zero attached hydrogens (tertiary/aromatic N) is 3. The highest BCUT2D eigenvalue weighted by molar-refractivity contribution is 5.95. The first kappa shape index (κ1) is 22.7. The lowest BCUT2D eigenvalue weighted by Gasteiger charge is -2.24. The number of methoxy groups -OCH3 is 2. The van der Waals surface area contributed by atoms with Crippen LogP contribution in [0.1, 0.15) is 22.3 Å². The van der Waals surface area contributed by atoms with E-state index in [1.807, 2.05) is 12.1 Å². The lowest BCUT2D eigenvalue weighted by Crippen LogP contribution is -2.35. The average molecular weight is 438 g/mol. The van der Waals surface area contributed by atoms with Gasteiger partial charge in [-0.3, -0.25) is 9.59 Å². The van der Waals surface area contributed by atoms with Crippen molar-refractivity contribution in [2.24, 2.45) is 5.73 Å². The zero-order chi connectivity index (χ0) is 23.1. The predicted molar refractivity (Wildman–Crippen MR) is 118 cm³/mol. The van der Waals surface area contributed by atoms with Gasteiger partial charge >= 0.3 is 0 Å². The summed E-state index contributed by atoms with van der Waals surface area (Å²) in [6.07, 6.45) is 0.805. The summed E-state index contributed by atoms with van der Waals surface area (Å²) in [7, 11) is 2.89. The molecule has 32 heavy (non-hydrogen) atoms. The monoisotopic (exact) mass is 438 g/mol. The van der Waals surface area contributed by atoms with Crippen LogP contribution in [0, 0.1) is 11.3 Å². The Kier molecular flexibility index (Phi) is 7.39. The minimum atomic E-state index is -0.634. The number of amides is 2. The molecular weight excluding hydrogens is 412 g/mol. The fraction of sp³-hybridized carbons (Fsp3) is 0.348. The molecule has 2 aromatic carbocycles. The molecule has 1 aliphatic rings. The molecule has 1 aliphatic heterocycles. The Balaban J connectivity index is 1.76. The molecule has 0 bridgehead atoms. The Morgan fingerprint density at radius 2 is 1.69 bits per heavy atom. The number of nitrogens with two attached hydrogens (primary N) is 1. The molecule has 168 valence electrons. The maximum Gasteiger partial charge on any atom is 0.255 e. The molecule has 1 heterocycles. The van der Waals surface area contributed by atoms with E-state index in [2.05, 4.69) is 11.0 Å². The second-order valence-corrected chi connectivity index (χ2v) is 7.26. The van der Waals surface area contributed by atoms with Crippen LogP contribution in [0.25, 0.3) is 0 Å². The molecular formula is C23H26N4O5. The highest BCUT2D eigenvalue weighted by atomic mass is 16.5. The Morgan fingerprint density at radius 3 is 2.25 bits per heavy atom. The van der Waals surface area contributed by atoms with Crippen LogP contribution in [-0.2, 0) is 4.79 Å². The van der Waals surface area contributed by atoms with Gasteiger partial charge in [0.15, 0.2) is 18.1 Å². The quantitative estimate of drug-likeness (QED) is 0.700. The normalized spacial score (nSPS) is 13.7. The molecule has 0 spiro atoms. The Morgan fingerprint density at radius 1 is 1.03 bits per heavy atom. The minimum absolute atomic E-state index is 0.148. The van der Waals surface area contributed by atoms with Crippen LogP contribution in [0.5, 0.6) is 17.2 Å². The minimum Gasteiger partial charge on any atom is -0.493 e. The van der Waals surface area contributed by atoms with Gasteiger partial charge in [-0.1, -0.05) is 0 Å². The third-order valence-electron chi connectivity index (χ3n) is 5.21. The van der Waals surface area contributed by atoms with E-state index in [0.29, 0.717) is 30.8 Å². The smallest absolute Gasteiger partial charge is 0.255 e. The number of carbonyl (C=O) groups is 2. The van der Waals surface area contributed by atoms with Crippen molar-refractivity contribution in [1.29, 1.82) is 5.26 Å². The highest BCUT2D eigenvalue weighted by Crippen LogP contribution is 2.39. The fourth-order valence-electron chi connectivity index (χ4n) is 3.60. The number of nitriles is 1. The van der Waals surface area contributed by atoms with Crippen molar-refractivity contribution in [3.63, 3.8) is 0 Å². The van der Waals surface area contributed by atoms with Gasteiger partial charge in [-0.25, -0.2) is 0 Å².